The van der Waals surface area contributed by atoms with Gasteiger partial charge in [0.15, 0.2) is 0 Å². The Hall–Kier alpha value is -3.02. The maximum atomic E-state index is 13.0. The van der Waals surface area contributed by atoms with Crippen LogP contribution in [0, 0.1) is 5.41 Å². The quantitative estimate of drug-likeness (QED) is 0.830. The van der Waals surface area contributed by atoms with Gasteiger partial charge in [-0.3, -0.25) is 4.79 Å². The second-order valence-electron chi connectivity index (χ2n) is 8.15. The number of rotatable bonds is 4. The van der Waals surface area contributed by atoms with Gasteiger partial charge in [0, 0.05) is 13.1 Å². The lowest BCUT2D eigenvalue weighted by atomic mass is 9.90. The van der Waals surface area contributed by atoms with Gasteiger partial charge in [-0.15, -0.1) is 0 Å². The predicted octanol–water partition coefficient (Wildman–Crippen LogP) is 3.61. The summed E-state index contributed by atoms with van der Waals surface area (Å²) < 4.78 is 5.72. The predicted molar refractivity (Wildman–Crippen MR) is 109 cm³/mol. The molecule has 0 saturated carbocycles. The Morgan fingerprint density at radius 3 is 2.69 bits per heavy atom. The van der Waals surface area contributed by atoms with Gasteiger partial charge in [0.1, 0.15) is 5.75 Å². The standard InChI is InChI=1S/C23H26N2O4/c1-23(21(26)27)11-12-25(15-23)22(28)24-20(16-6-3-2-4-7-16)18-9-10-19-17(14-18)8-5-13-29-19/h2-4,6-7,9-10,14,20H,5,8,11-13,15H2,1H3,(H,24,28)(H,26,27). The molecule has 1 fully saturated rings. The minimum Gasteiger partial charge on any atom is -0.493 e. The molecule has 29 heavy (non-hydrogen) atoms. The third kappa shape index (κ3) is 3.92. The van der Waals surface area contributed by atoms with E-state index in [0.717, 1.165) is 41.9 Å². The molecule has 2 aliphatic heterocycles. The Morgan fingerprint density at radius 2 is 1.97 bits per heavy atom. The highest BCUT2D eigenvalue weighted by Gasteiger charge is 2.42. The van der Waals surface area contributed by atoms with Crippen LogP contribution >= 0.6 is 0 Å². The Balaban J connectivity index is 1.59. The molecule has 2 amide bonds. The molecule has 0 spiro atoms. The van der Waals surface area contributed by atoms with Crippen LogP contribution in [0.4, 0.5) is 4.79 Å². The first-order valence-electron chi connectivity index (χ1n) is 10.1. The lowest BCUT2D eigenvalue weighted by Gasteiger charge is -2.26. The number of aliphatic carboxylic acids is 1. The molecular weight excluding hydrogens is 368 g/mol. The summed E-state index contributed by atoms with van der Waals surface area (Å²) in [5.41, 5.74) is 2.25. The van der Waals surface area contributed by atoms with E-state index in [9.17, 15) is 14.7 Å². The molecule has 2 heterocycles. The van der Waals surface area contributed by atoms with Crippen molar-refractivity contribution in [1.29, 1.82) is 0 Å². The highest BCUT2D eigenvalue weighted by atomic mass is 16.5. The fourth-order valence-electron chi connectivity index (χ4n) is 4.09. The number of fused-ring (bicyclic) bond motifs is 1. The van der Waals surface area contributed by atoms with E-state index in [4.69, 9.17) is 4.74 Å². The van der Waals surface area contributed by atoms with E-state index in [1.165, 1.54) is 0 Å². The number of aryl methyl sites for hydroxylation is 1. The zero-order chi connectivity index (χ0) is 20.4. The highest BCUT2D eigenvalue weighted by molar-refractivity contribution is 5.80. The van der Waals surface area contributed by atoms with Crippen molar-refractivity contribution in [3.63, 3.8) is 0 Å². The third-order valence-electron chi connectivity index (χ3n) is 5.94. The van der Waals surface area contributed by atoms with Gasteiger partial charge in [-0.1, -0.05) is 36.4 Å². The second-order valence-corrected chi connectivity index (χ2v) is 8.15. The van der Waals surface area contributed by atoms with Crippen molar-refractivity contribution in [1.82, 2.24) is 10.2 Å². The van der Waals surface area contributed by atoms with Gasteiger partial charge >= 0.3 is 12.0 Å². The van der Waals surface area contributed by atoms with Gasteiger partial charge in [0.25, 0.3) is 0 Å². The lowest BCUT2D eigenvalue weighted by Crippen LogP contribution is -2.42. The summed E-state index contributed by atoms with van der Waals surface area (Å²) in [6.07, 6.45) is 2.41. The summed E-state index contributed by atoms with van der Waals surface area (Å²) in [7, 11) is 0. The average molecular weight is 394 g/mol. The lowest BCUT2D eigenvalue weighted by molar-refractivity contribution is -0.147. The number of benzene rings is 2. The molecule has 2 aromatic carbocycles. The Morgan fingerprint density at radius 1 is 1.17 bits per heavy atom. The normalized spacial score (nSPS) is 21.8. The van der Waals surface area contributed by atoms with Crippen LogP contribution in [-0.2, 0) is 11.2 Å². The van der Waals surface area contributed by atoms with E-state index in [1.807, 2.05) is 42.5 Å². The van der Waals surface area contributed by atoms with Crippen molar-refractivity contribution in [3.8, 4) is 5.75 Å². The largest absolute Gasteiger partial charge is 0.493 e. The number of carboxylic acids is 1. The minimum atomic E-state index is -0.886. The SMILES string of the molecule is CC1(C(=O)O)CCN(C(=O)NC(c2ccccc2)c2ccc3c(c2)CCCO3)C1. The summed E-state index contributed by atoms with van der Waals surface area (Å²) in [4.78, 5) is 26.1. The van der Waals surface area contributed by atoms with Gasteiger partial charge in [0.2, 0.25) is 0 Å². The number of nitrogens with zero attached hydrogens (tertiary/aromatic N) is 1. The number of likely N-dealkylation sites (tertiary alicyclic amines) is 1. The molecule has 2 unspecified atom stereocenters. The van der Waals surface area contributed by atoms with Crippen molar-refractivity contribution in [3.05, 3.63) is 65.2 Å². The van der Waals surface area contributed by atoms with Crippen LogP contribution in [0.25, 0.3) is 0 Å². The molecule has 0 aliphatic carbocycles. The molecular formula is C23H26N2O4. The number of carboxylic acid groups (broad SMARTS) is 1. The molecule has 6 nitrogen and oxygen atoms in total. The van der Waals surface area contributed by atoms with Gasteiger partial charge in [-0.05, 0) is 55.0 Å². The first kappa shape index (κ1) is 19.3. The van der Waals surface area contributed by atoms with E-state index >= 15 is 0 Å². The summed E-state index contributed by atoms with van der Waals surface area (Å²) in [5, 5.41) is 12.6. The van der Waals surface area contributed by atoms with Crippen LogP contribution in [0.15, 0.2) is 48.5 Å². The molecule has 152 valence electrons. The van der Waals surface area contributed by atoms with Crippen molar-refractivity contribution in [2.24, 2.45) is 5.41 Å². The molecule has 6 heteroatoms. The molecule has 1 saturated heterocycles. The third-order valence-corrected chi connectivity index (χ3v) is 5.94. The van der Waals surface area contributed by atoms with Crippen LogP contribution < -0.4 is 10.1 Å². The molecule has 2 aliphatic rings. The summed E-state index contributed by atoms with van der Waals surface area (Å²) >= 11 is 0. The molecule has 2 atom stereocenters. The summed E-state index contributed by atoms with van der Waals surface area (Å²) in [6, 6.07) is 15.4. The maximum absolute atomic E-state index is 13.0. The first-order valence-corrected chi connectivity index (χ1v) is 10.1. The molecule has 0 radical (unpaired) electrons. The number of carbonyl (C=O) groups is 2. The van der Waals surface area contributed by atoms with Gasteiger partial charge in [-0.2, -0.15) is 0 Å². The zero-order valence-electron chi connectivity index (χ0n) is 16.6. The van der Waals surface area contributed by atoms with Gasteiger partial charge < -0.3 is 20.1 Å². The number of hydrogen-bond acceptors (Lipinski definition) is 3. The smallest absolute Gasteiger partial charge is 0.318 e. The van der Waals surface area contributed by atoms with E-state index < -0.39 is 11.4 Å². The number of nitrogens with one attached hydrogen (secondary N) is 1. The Bertz CT molecular complexity index is 914. The van der Waals surface area contributed by atoms with Crippen LogP contribution in [-0.4, -0.2) is 41.7 Å². The van der Waals surface area contributed by atoms with Crippen LogP contribution in [0.2, 0.25) is 0 Å². The number of hydrogen-bond donors (Lipinski definition) is 2. The van der Waals surface area contributed by atoms with Crippen molar-refractivity contribution in [2.45, 2.75) is 32.2 Å². The van der Waals surface area contributed by atoms with E-state index in [-0.39, 0.29) is 18.6 Å². The maximum Gasteiger partial charge on any atom is 0.318 e. The van der Waals surface area contributed by atoms with Crippen LogP contribution in [0.3, 0.4) is 0 Å². The fraction of sp³-hybridized carbons (Fsp3) is 0.391. The van der Waals surface area contributed by atoms with Gasteiger partial charge in [-0.25, -0.2) is 4.79 Å². The average Bonchev–Trinajstić information content (AvgIpc) is 3.16. The molecule has 4 rings (SSSR count). The number of carbonyl (C=O) groups excluding carboxylic acids is 1. The van der Waals surface area contributed by atoms with E-state index in [0.29, 0.717) is 13.0 Å². The van der Waals surface area contributed by atoms with Crippen LogP contribution in [0.5, 0.6) is 5.75 Å². The Labute approximate surface area is 170 Å². The number of ether oxygens (including phenoxy) is 1. The van der Waals surface area contributed by atoms with Gasteiger partial charge in [0.05, 0.1) is 18.1 Å². The minimum absolute atomic E-state index is 0.216. The van der Waals surface area contributed by atoms with Crippen LogP contribution in [0.1, 0.15) is 42.5 Å². The summed E-state index contributed by atoms with van der Waals surface area (Å²) in [5.74, 6) is 0.0528. The molecule has 0 bridgehead atoms. The van der Waals surface area contributed by atoms with E-state index in [1.54, 1.807) is 11.8 Å². The topological polar surface area (TPSA) is 78.9 Å². The monoisotopic (exact) mass is 394 g/mol. The van der Waals surface area contributed by atoms with Crippen molar-refractivity contribution in [2.75, 3.05) is 19.7 Å². The fourth-order valence-corrected chi connectivity index (χ4v) is 4.09. The van der Waals surface area contributed by atoms with Crippen molar-refractivity contribution < 1.29 is 19.4 Å². The molecule has 2 aromatic rings. The molecule has 0 aromatic heterocycles. The first-order chi connectivity index (χ1) is 14.0. The summed E-state index contributed by atoms with van der Waals surface area (Å²) in [6.45, 7) is 3.09. The Kier molecular flexibility index (Phi) is 5.18. The highest BCUT2D eigenvalue weighted by Crippen LogP contribution is 2.32. The molecule has 2 N–H and O–H groups in total. The van der Waals surface area contributed by atoms with E-state index in [2.05, 4.69) is 11.4 Å². The second kappa shape index (κ2) is 7.78. The number of amides is 2. The van der Waals surface area contributed by atoms with Crippen molar-refractivity contribution >= 4 is 12.0 Å². The number of urea groups is 1. The zero-order valence-corrected chi connectivity index (χ0v) is 16.6.